The van der Waals surface area contributed by atoms with E-state index in [0.29, 0.717) is 0 Å². The van der Waals surface area contributed by atoms with E-state index < -0.39 is 0 Å². The summed E-state index contributed by atoms with van der Waals surface area (Å²) in [5, 5.41) is 0. The van der Waals surface area contributed by atoms with Gasteiger partial charge in [-0.05, 0) is 45.2 Å². The lowest BCUT2D eigenvalue weighted by atomic mass is 9.89. The second-order valence-electron chi connectivity index (χ2n) is 4.73. The molecule has 1 atom stereocenters. The third-order valence-corrected chi connectivity index (χ3v) is 3.67. The maximum atomic E-state index is 5.71. The van der Waals surface area contributed by atoms with Gasteiger partial charge < -0.3 is 10.5 Å². The van der Waals surface area contributed by atoms with Crippen LogP contribution in [0.4, 0.5) is 0 Å². The molecule has 1 saturated carbocycles. The SMILES string of the molecule is COC1(CCN)CCCN(C2CC2)C1. The van der Waals surface area contributed by atoms with Gasteiger partial charge in [0.15, 0.2) is 0 Å². The molecule has 2 aliphatic rings. The predicted octanol–water partition coefficient (Wildman–Crippen LogP) is 0.979. The Labute approximate surface area is 86.6 Å². The van der Waals surface area contributed by atoms with E-state index in [1.807, 2.05) is 7.11 Å². The van der Waals surface area contributed by atoms with Gasteiger partial charge in [-0.1, -0.05) is 0 Å². The molecule has 0 amide bonds. The molecule has 0 bridgehead atoms. The molecule has 1 aliphatic heterocycles. The third kappa shape index (κ3) is 2.10. The number of piperidine rings is 1. The van der Waals surface area contributed by atoms with Crippen molar-refractivity contribution in [2.24, 2.45) is 5.73 Å². The zero-order valence-electron chi connectivity index (χ0n) is 9.17. The smallest absolute Gasteiger partial charge is 0.0817 e. The number of rotatable bonds is 4. The van der Waals surface area contributed by atoms with Gasteiger partial charge in [-0.2, -0.15) is 0 Å². The molecule has 3 heteroatoms. The van der Waals surface area contributed by atoms with Gasteiger partial charge >= 0.3 is 0 Å². The first-order chi connectivity index (χ1) is 6.79. The minimum atomic E-state index is 0.0651. The van der Waals surface area contributed by atoms with Crippen LogP contribution in [0.1, 0.15) is 32.1 Å². The van der Waals surface area contributed by atoms with Crippen molar-refractivity contribution >= 4 is 0 Å². The minimum absolute atomic E-state index is 0.0651. The number of ether oxygens (including phenoxy) is 1. The first kappa shape index (κ1) is 10.4. The van der Waals surface area contributed by atoms with E-state index in [0.717, 1.165) is 25.6 Å². The molecule has 82 valence electrons. The summed E-state index contributed by atoms with van der Waals surface area (Å²) in [4.78, 5) is 2.60. The number of nitrogens with two attached hydrogens (primary N) is 1. The highest BCUT2D eigenvalue weighted by molar-refractivity contribution is 4.95. The van der Waals surface area contributed by atoms with Gasteiger partial charge in [-0.3, -0.25) is 4.90 Å². The summed E-state index contributed by atoms with van der Waals surface area (Å²) in [7, 11) is 1.84. The number of hydrogen-bond acceptors (Lipinski definition) is 3. The molecule has 0 radical (unpaired) electrons. The number of likely N-dealkylation sites (tertiary alicyclic amines) is 1. The summed E-state index contributed by atoms with van der Waals surface area (Å²) < 4.78 is 5.71. The molecule has 0 aromatic heterocycles. The van der Waals surface area contributed by atoms with Crippen molar-refractivity contribution in [2.45, 2.75) is 43.7 Å². The Balaban J connectivity index is 1.95. The van der Waals surface area contributed by atoms with Crippen LogP contribution in [0.3, 0.4) is 0 Å². The zero-order valence-corrected chi connectivity index (χ0v) is 9.17. The van der Waals surface area contributed by atoms with Gasteiger partial charge in [0, 0.05) is 19.7 Å². The van der Waals surface area contributed by atoms with Crippen LogP contribution in [0.2, 0.25) is 0 Å². The van der Waals surface area contributed by atoms with Crippen LogP contribution >= 0.6 is 0 Å². The van der Waals surface area contributed by atoms with E-state index in [1.54, 1.807) is 0 Å². The third-order valence-electron chi connectivity index (χ3n) is 3.67. The molecule has 1 aliphatic carbocycles. The average molecular weight is 198 g/mol. The molecule has 14 heavy (non-hydrogen) atoms. The monoisotopic (exact) mass is 198 g/mol. The predicted molar refractivity (Wildman–Crippen MR) is 57.2 cm³/mol. The number of methoxy groups -OCH3 is 1. The van der Waals surface area contributed by atoms with Crippen molar-refractivity contribution in [1.82, 2.24) is 4.90 Å². The molecule has 0 aromatic carbocycles. The summed E-state index contributed by atoms with van der Waals surface area (Å²) in [6, 6.07) is 0.864. The molecular weight excluding hydrogens is 176 g/mol. The van der Waals surface area contributed by atoms with Gasteiger partial charge in [0.25, 0.3) is 0 Å². The lowest BCUT2D eigenvalue weighted by Crippen LogP contribution is -2.51. The van der Waals surface area contributed by atoms with Gasteiger partial charge in [0.05, 0.1) is 5.60 Å². The van der Waals surface area contributed by atoms with Crippen molar-refractivity contribution in [3.63, 3.8) is 0 Å². The fourth-order valence-electron chi connectivity index (χ4n) is 2.62. The quantitative estimate of drug-likeness (QED) is 0.732. The molecular formula is C11H22N2O. The molecule has 2 rings (SSSR count). The standard InChI is InChI=1S/C11H22N2O/c1-14-11(6-7-12)5-2-8-13(9-11)10-3-4-10/h10H,2-9,12H2,1H3. The van der Waals surface area contributed by atoms with E-state index in [1.165, 1.54) is 32.2 Å². The highest BCUT2D eigenvalue weighted by Gasteiger charge is 2.40. The first-order valence-electron chi connectivity index (χ1n) is 5.79. The van der Waals surface area contributed by atoms with E-state index in [2.05, 4.69) is 4.90 Å². The average Bonchev–Trinajstić information content (AvgIpc) is 3.02. The zero-order chi connectivity index (χ0) is 10.0. The van der Waals surface area contributed by atoms with Gasteiger partial charge in [-0.25, -0.2) is 0 Å². The minimum Gasteiger partial charge on any atom is -0.377 e. The van der Waals surface area contributed by atoms with E-state index in [9.17, 15) is 0 Å². The van der Waals surface area contributed by atoms with Crippen LogP contribution in [0.15, 0.2) is 0 Å². The summed E-state index contributed by atoms with van der Waals surface area (Å²) in [5.74, 6) is 0. The van der Waals surface area contributed by atoms with Crippen molar-refractivity contribution in [3.8, 4) is 0 Å². The van der Waals surface area contributed by atoms with Crippen LogP contribution in [0.25, 0.3) is 0 Å². The highest BCUT2D eigenvalue weighted by Crippen LogP contribution is 2.34. The Bertz CT molecular complexity index is 190. The Hall–Kier alpha value is -0.120. The molecule has 2 N–H and O–H groups in total. The molecule has 2 fully saturated rings. The Morgan fingerprint density at radius 3 is 2.86 bits per heavy atom. The van der Waals surface area contributed by atoms with Gasteiger partial charge in [0.2, 0.25) is 0 Å². The van der Waals surface area contributed by atoms with E-state index in [-0.39, 0.29) is 5.60 Å². The van der Waals surface area contributed by atoms with Crippen molar-refractivity contribution < 1.29 is 4.74 Å². The summed E-state index contributed by atoms with van der Waals surface area (Å²) >= 11 is 0. The second-order valence-corrected chi connectivity index (χ2v) is 4.73. The van der Waals surface area contributed by atoms with Crippen molar-refractivity contribution in [3.05, 3.63) is 0 Å². The first-order valence-corrected chi connectivity index (χ1v) is 5.79. The summed E-state index contributed by atoms with van der Waals surface area (Å²) in [5.41, 5.74) is 5.72. The van der Waals surface area contributed by atoms with Crippen molar-refractivity contribution in [1.29, 1.82) is 0 Å². The fraction of sp³-hybridized carbons (Fsp3) is 1.00. The van der Waals surface area contributed by atoms with Crippen LogP contribution in [0, 0.1) is 0 Å². The molecule has 1 saturated heterocycles. The fourth-order valence-corrected chi connectivity index (χ4v) is 2.62. The summed E-state index contributed by atoms with van der Waals surface area (Å²) in [6.45, 7) is 3.11. The van der Waals surface area contributed by atoms with E-state index >= 15 is 0 Å². The Morgan fingerprint density at radius 1 is 1.50 bits per heavy atom. The van der Waals surface area contributed by atoms with Crippen LogP contribution < -0.4 is 5.73 Å². The van der Waals surface area contributed by atoms with Crippen LogP contribution in [-0.2, 0) is 4.74 Å². The molecule has 3 nitrogen and oxygen atoms in total. The molecule has 1 unspecified atom stereocenters. The topological polar surface area (TPSA) is 38.5 Å². The number of nitrogens with zero attached hydrogens (tertiary/aromatic N) is 1. The van der Waals surface area contributed by atoms with Crippen LogP contribution in [-0.4, -0.2) is 43.3 Å². The highest BCUT2D eigenvalue weighted by atomic mass is 16.5. The molecule has 1 heterocycles. The molecule has 0 spiro atoms. The maximum absolute atomic E-state index is 5.71. The maximum Gasteiger partial charge on any atom is 0.0817 e. The lowest BCUT2D eigenvalue weighted by molar-refractivity contribution is -0.0702. The lowest BCUT2D eigenvalue weighted by Gasteiger charge is -2.42. The van der Waals surface area contributed by atoms with Gasteiger partial charge in [-0.15, -0.1) is 0 Å². The summed E-state index contributed by atoms with van der Waals surface area (Å²) in [6.07, 6.45) is 6.24. The van der Waals surface area contributed by atoms with Gasteiger partial charge in [0.1, 0.15) is 0 Å². The second kappa shape index (κ2) is 4.17. The Kier molecular flexibility index (Phi) is 3.10. The molecule has 0 aromatic rings. The Morgan fingerprint density at radius 2 is 2.29 bits per heavy atom. The van der Waals surface area contributed by atoms with Crippen LogP contribution in [0.5, 0.6) is 0 Å². The van der Waals surface area contributed by atoms with E-state index in [4.69, 9.17) is 10.5 Å². The normalized spacial score (nSPS) is 34.7. The largest absolute Gasteiger partial charge is 0.377 e. The van der Waals surface area contributed by atoms with Crippen molar-refractivity contribution in [2.75, 3.05) is 26.7 Å². The number of hydrogen-bond donors (Lipinski definition) is 1.